The lowest BCUT2D eigenvalue weighted by Crippen LogP contribution is -2.27. The van der Waals surface area contributed by atoms with Crippen molar-refractivity contribution in [2.24, 2.45) is 0 Å². The maximum atomic E-state index is 4.19. The fourth-order valence-corrected chi connectivity index (χ4v) is 3.22. The van der Waals surface area contributed by atoms with Crippen LogP contribution in [0.25, 0.3) is 0 Å². The summed E-state index contributed by atoms with van der Waals surface area (Å²) in [6.45, 7) is 2.20. The van der Waals surface area contributed by atoms with E-state index in [4.69, 9.17) is 0 Å². The van der Waals surface area contributed by atoms with Gasteiger partial charge in [-0.15, -0.1) is 10.2 Å². The van der Waals surface area contributed by atoms with Gasteiger partial charge in [0.25, 0.3) is 0 Å². The van der Waals surface area contributed by atoms with Crippen LogP contribution in [0, 0.1) is 0 Å². The minimum Gasteiger partial charge on any atom is -0.140 e. The van der Waals surface area contributed by atoms with Crippen LogP contribution in [-0.4, -0.2) is 24.9 Å². The minimum absolute atomic E-state index is 0.704. The second-order valence-corrected chi connectivity index (χ2v) is 5.64. The molecular weight excluding hydrogens is 202 g/mol. The van der Waals surface area contributed by atoms with Gasteiger partial charge in [0.1, 0.15) is 9.52 Å². The van der Waals surface area contributed by atoms with Gasteiger partial charge in [-0.25, -0.2) is 0 Å². The van der Waals surface area contributed by atoms with Gasteiger partial charge >= 0.3 is 0 Å². The van der Waals surface area contributed by atoms with Crippen molar-refractivity contribution in [2.45, 2.75) is 51.0 Å². The van der Waals surface area contributed by atoms with E-state index in [1.54, 1.807) is 0 Å². The van der Waals surface area contributed by atoms with Gasteiger partial charge in [-0.2, -0.15) is 0 Å². The molecule has 0 saturated heterocycles. The predicted molar refractivity (Wildman–Crippen MR) is 61.5 cm³/mol. The highest BCUT2D eigenvalue weighted by Crippen LogP contribution is 2.30. The van der Waals surface area contributed by atoms with Crippen molar-refractivity contribution in [3.63, 3.8) is 0 Å². The van der Waals surface area contributed by atoms with Gasteiger partial charge in [-0.05, 0) is 29.5 Å². The van der Waals surface area contributed by atoms with Crippen molar-refractivity contribution >= 4 is 14.8 Å². The van der Waals surface area contributed by atoms with Gasteiger partial charge in [0.2, 0.25) is 0 Å². The molecule has 1 aliphatic carbocycles. The summed E-state index contributed by atoms with van der Waals surface area (Å²) in [5.41, 5.74) is 1.38. The molecule has 0 bridgehead atoms. The summed E-state index contributed by atoms with van der Waals surface area (Å²) in [5.74, 6) is 0.704. The Morgan fingerprint density at radius 3 is 2.87 bits per heavy atom. The first kappa shape index (κ1) is 10.7. The van der Waals surface area contributed by atoms with E-state index in [0.717, 1.165) is 9.52 Å². The van der Waals surface area contributed by atoms with Gasteiger partial charge < -0.3 is 0 Å². The third-order valence-electron chi connectivity index (χ3n) is 3.06. The van der Waals surface area contributed by atoms with Crippen LogP contribution in [0.3, 0.4) is 0 Å². The maximum absolute atomic E-state index is 4.19. The van der Waals surface area contributed by atoms with E-state index >= 15 is 0 Å². The summed E-state index contributed by atoms with van der Waals surface area (Å²) in [4.78, 5) is 0. The molecular formula is C11H17N3Si. The molecule has 1 heterocycles. The van der Waals surface area contributed by atoms with Crippen LogP contribution in [0.5, 0.6) is 0 Å². The summed E-state index contributed by atoms with van der Waals surface area (Å²) in [7, 11) is 0.797. The van der Waals surface area contributed by atoms with E-state index in [9.17, 15) is 0 Å². The molecule has 0 amide bonds. The molecule has 1 saturated carbocycles. The van der Waals surface area contributed by atoms with E-state index in [2.05, 4.69) is 22.3 Å². The highest BCUT2D eigenvalue weighted by Gasteiger charge is 2.19. The molecule has 0 atom stereocenters. The molecule has 0 aliphatic heterocycles. The smallest absolute Gasteiger partial charge is 0.110 e. The molecule has 1 aromatic heterocycles. The molecule has 80 valence electrons. The number of hydrogen-bond donors (Lipinski definition) is 0. The lowest BCUT2D eigenvalue weighted by molar-refractivity contribution is 0.442. The standard InChI is InChI=1S/C11H17N3Si/c1-2-15-11-10(8-12-14-13-11)9-6-4-3-5-7-9/h8-9H,2-7H2,1H3. The summed E-state index contributed by atoms with van der Waals surface area (Å²) in [5, 5.41) is 13.1. The van der Waals surface area contributed by atoms with E-state index in [1.807, 2.05) is 6.20 Å². The molecule has 2 radical (unpaired) electrons. The summed E-state index contributed by atoms with van der Waals surface area (Å²) in [6.07, 6.45) is 8.70. The fraction of sp³-hybridized carbons (Fsp3) is 0.727. The van der Waals surface area contributed by atoms with Crippen LogP contribution < -0.4 is 5.32 Å². The first-order valence-corrected chi connectivity index (χ1v) is 7.04. The van der Waals surface area contributed by atoms with Gasteiger partial charge in [-0.1, -0.05) is 32.2 Å². The highest BCUT2D eigenvalue weighted by molar-refractivity contribution is 6.52. The van der Waals surface area contributed by atoms with Crippen LogP contribution in [0.15, 0.2) is 6.20 Å². The molecule has 3 nitrogen and oxygen atoms in total. The topological polar surface area (TPSA) is 38.7 Å². The molecule has 1 aromatic rings. The van der Waals surface area contributed by atoms with Crippen molar-refractivity contribution in [3.8, 4) is 0 Å². The second kappa shape index (κ2) is 5.35. The second-order valence-electron chi connectivity index (χ2n) is 4.10. The first-order chi connectivity index (χ1) is 7.42. The van der Waals surface area contributed by atoms with Crippen LogP contribution in [-0.2, 0) is 0 Å². The average molecular weight is 219 g/mol. The number of nitrogens with zero attached hydrogens (tertiary/aromatic N) is 3. The molecule has 0 aromatic carbocycles. The number of hydrogen-bond acceptors (Lipinski definition) is 3. The average Bonchev–Trinajstić information content (AvgIpc) is 2.31. The summed E-state index contributed by atoms with van der Waals surface area (Å²) >= 11 is 0. The molecule has 0 N–H and O–H groups in total. The summed E-state index contributed by atoms with van der Waals surface area (Å²) < 4.78 is 0. The van der Waals surface area contributed by atoms with Crippen LogP contribution in [0.1, 0.15) is 50.5 Å². The monoisotopic (exact) mass is 219 g/mol. The SMILES string of the molecule is CC[Si]c1nnncc1C1CCCCC1. The highest BCUT2D eigenvalue weighted by atomic mass is 28.2. The van der Waals surface area contributed by atoms with E-state index in [1.165, 1.54) is 49.0 Å². The van der Waals surface area contributed by atoms with E-state index in [0.29, 0.717) is 5.92 Å². The van der Waals surface area contributed by atoms with E-state index in [-0.39, 0.29) is 0 Å². The Bertz CT molecular complexity index is 310. The van der Waals surface area contributed by atoms with Crippen molar-refractivity contribution in [1.29, 1.82) is 0 Å². The zero-order chi connectivity index (χ0) is 10.5. The Labute approximate surface area is 93.5 Å². The Hall–Kier alpha value is -0.773. The van der Waals surface area contributed by atoms with Crippen LogP contribution in [0.4, 0.5) is 0 Å². The Kier molecular flexibility index (Phi) is 3.83. The minimum atomic E-state index is 0.704. The van der Waals surface area contributed by atoms with Crippen molar-refractivity contribution in [3.05, 3.63) is 11.8 Å². The molecule has 0 spiro atoms. The summed E-state index contributed by atoms with van der Waals surface area (Å²) in [6, 6.07) is 1.17. The normalized spacial score (nSPS) is 17.9. The number of rotatable bonds is 3. The Balaban J connectivity index is 2.17. The van der Waals surface area contributed by atoms with Crippen LogP contribution in [0.2, 0.25) is 6.04 Å². The lowest BCUT2D eigenvalue weighted by atomic mass is 9.85. The van der Waals surface area contributed by atoms with Crippen molar-refractivity contribution in [1.82, 2.24) is 15.4 Å². The molecule has 15 heavy (non-hydrogen) atoms. The van der Waals surface area contributed by atoms with Gasteiger partial charge in [0.15, 0.2) is 0 Å². The maximum Gasteiger partial charge on any atom is 0.110 e. The van der Waals surface area contributed by atoms with E-state index < -0.39 is 0 Å². The molecule has 0 unspecified atom stereocenters. The first-order valence-electron chi connectivity index (χ1n) is 5.84. The van der Waals surface area contributed by atoms with Crippen molar-refractivity contribution in [2.75, 3.05) is 0 Å². The third-order valence-corrected chi connectivity index (χ3v) is 4.13. The largest absolute Gasteiger partial charge is 0.140 e. The zero-order valence-electron chi connectivity index (χ0n) is 9.24. The van der Waals surface area contributed by atoms with Gasteiger partial charge in [-0.3, -0.25) is 0 Å². The van der Waals surface area contributed by atoms with Crippen molar-refractivity contribution < 1.29 is 0 Å². The fourth-order valence-electron chi connectivity index (χ4n) is 2.29. The molecule has 1 fully saturated rings. The molecule has 2 rings (SSSR count). The van der Waals surface area contributed by atoms with Gasteiger partial charge in [0, 0.05) is 5.32 Å². The Morgan fingerprint density at radius 2 is 2.13 bits per heavy atom. The third kappa shape index (κ3) is 2.62. The number of aromatic nitrogens is 3. The molecule has 1 aliphatic rings. The quantitative estimate of drug-likeness (QED) is 0.726. The Morgan fingerprint density at radius 1 is 1.33 bits per heavy atom. The van der Waals surface area contributed by atoms with Crippen LogP contribution >= 0.6 is 0 Å². The molecule has 4 heteroatoms. The lowest BCUT2D eigenvalue weighted by Gasteiger charge is -2.22. The zero-order valence-corrected chi connectivity index (χ0v) is 10.2. The van der Waals surface area contributed by atoms with Gasteiger partial charge in [0.05, 0.1) is 6.20 Å². The predicted octanol–water partition coefficient (Wildman–Crippen LogP) is 1.69.